The molecule has 9 heteroatoms. The molecule has 2 aromatic heterocycles. The van der Waals surface area contributed by atoms with E-state index in [4.69, 9.17) is 0 Å². The second kappa shape index (κ2) is 6.34. The quantitative estimate of drug-likeness (QED) is 0.639. The van der Waals surface area contributed by atoms with Gasteiger partial charge < -0.3 is 15.7 Å². The average molecular weight is 362 g/mol. The molecule has 0 fully saturated rings. The summed E-state index contributed by atoms with van der Waals surface area (Å²) in [7, 11) is 1.82. The lowest BCUT2D eigenvalue weighted by atomic mass is 9.84. The van der Waals surface area contributed by atoms with Gasteiger partial charge in [-0.05, 0) is 17.7 Å². The summed E-state index contributed by atoms with van der Waals surface area (Å²) in [6.07, 6.45) is 3.23. The van der Waals surface area contributed by atoms with Gasteiger partial charge in [-0.1, -0.05) is 6.92 Å². The highest BCUT2D eigenvalue weighted by molar-refractivity contribution is 5.75. The van der Waals surface area contributed by atoms with E-state index >= 15 is 0 Å². The second-order valence-corrected chi connectivity index (χ2v) is 6.76. The van der Waals surface area contributed by atoms with Crippen LogP contribution in [0.1, 0.15) is 18.1 Å². The third-order valence-corrected chi connectivity index (χ3v) is 4.70. The van der Waals surface area contributed by atoms with E-state index in [9.17, 15) is 10.4 Å². The molecule has 1 aliphatic heterocycles. The summed E-state index contributed by atoms with van der Waals surface area (Å²) in [4.78, 5) is 12.8. The molecule has 0 aliphatic carbocycles. The zero-order valence-corrected chi connectivity index (χ0v) is 14.9. The van der Waals surface area contributed by atoms with Crippen molar-refractivity contribution in [1.29, 1.82) is 5.26 Å². The zero-order valence-electron chi connectivity index (χ0n) is 14.9. The first-order chi connectivity index (χ1) is 13.0. The van der Waals surface area contributed by atoms with Crippen molar-refractivity contribution in [2.75, 3.05) is 23.8 Å². The molecule has 3 aromatic rings. The molecule has 0 saturated heterocycles. The first-order valence-electron chi connectivity index (χ1n) is 8.42. The summed E-state index contributed by atoms with van der Waals surface area (Å²) in [6.45, 7) is 2.50. The molecule has 9 nitrogen and oxygen atoms in total. The fourth-order valence-corrected chi connectivity index (χ4v) is 3.14. The Morgan fingerprint density at radius 3 is 2.96 bits per heavy atom. The number of nitriles is 1. The minimum atomic E-state index is -0.459. The van der Waals surface area contributed by atoms with Crippen LogP contribution < -0.4 is 10.6 Å². The topological polar surface area (TPSA) is 125 Å². The van der Waals surface area contributed by atoms with Crippen LogP contribution in [0.15, 0.2) is 30.7 Å². The molecule has 0 spiro atoms. The first kappa shape index (κ1) is 16.9. The number of aliphatic hydroxyl groups is 1. The number of nitrogens with zero attached hydrogens (tertiary/aromatic N) is 6. The Morgan fingerprint density at radius 1 is 1.41 bits per heavy atom. The minimum absolute atomic E-state index is 0.0228. The average Bonchev–Trinajstić information content (AvgIpc) is 3.25. The van der Waals surface area contributed by atoms with Crippen LogP contribution in [-0.2, 0) is 12.5 Å². The SMILES string of the molecule is Cn1ccc(Nc2ncnc(-c3cc(C#N)c4c(c3)C(C)(CO)CN4)n2)n1. The molecule has 136 valence electrons. The number of benzene rings is 1. The van der Waals surface area contributed by atoms with Gasteiger partial charge >= 0.3 is 0 Å². The Balaban J connectivity index is 1.75. The van der Waals surface area contributed by atoms with Crippen LogP contribution in [0.5, 0.6) is 0 Å². The lowest BCUT2D eigenvalue weighted by molar-refractivity contribution is 0.219. The van der Waals surface area contributed by atoms with E-state index in [0.717, 1.165) is 11.3 Å². The van der Waals surface area contributed by atoms with E-state index in [1.54, 1.807) is 10.7 Å². The second-order valence-electron chi connectivity index (χ2n) is 6.76. The zero-order chi connectivity index (χ0) is 19.0. The standard InChI is InChI=1S/C18H18N8O/c1-18(9-27)8-20-15-12(7-19)5-11(6-13(15)18)16-21-10-22-17(24-16)23-14-3-4-26(2)25-14/h3-6,10,20,27H,8-9H2,1-2H3,(H,21,22,23,24,25). The van der Waals surface area contributed by atoms with Gasteiger partial charge in [0, 0.05) is 36.8 Å². The molecule has 1 aliphatic rings. The van der Waals surface area contributed by atoms with Crippen molar-refractivity contribution in [2.24, 2.45) is 7.05 Å². The fraction of sp³-hybridized carbons (Fsp3) is 0.278. The van der Waals surface area contributed by atoms with E-state index in [1.807, 2.05) is 32.3 Å². The Kier molecular flexibility index (Phi) is 3.97. The highest BCUT2D eigenvalue weighted by atomic mass is 16.3. The largest absolute Gasteiger partial charge is 0.395 e. The van der Waals surface area contributed by atoms with Crippen molar-refractivity contribution >= 4 is 17.5 Å². The molecule has 27 heavy (non-hydrogen) atoms. The fourth-order valence-electron chi connectivity index (χ4n) is 3.14. The number of hydrogen-bond donors (Lipinski definition) is 3. The summed E-state index contributed by atoms with van der Waals surface area (Å²) in [6, 6.07) is 7.69. The summed E-state index contributed by atoms with van der Waals surface area (Å²) >= 11 is 0. The van der Waals surface area contributed by atoms with Crippen molar-refractivity contribution in [2.45, 2.75) is 12.3 Å². The number of hydrogen-bond acceptors (Lipinski definition) is 8. The van der Waals surface area contributed by atoms with Crippen LogP contribution in [0.2, 0.25) is 0 Å². The number of aromatic nitrogens is 5. The summed E-state index contributed by atoms with van der Waals surface area (Å²) in [5, 5.41) is 29.9. The lowest BCUT2D eigenvalue weighted by Gasteiger charge is -2.21. The van der Waals surface area contributed by atoms with E-state index in [2.05, 4.69) is 36.8 Å². The molecule has 3 heterocycles. The lowest BCUT2D eigenvalue weighted by Crippen LogP contribution is -2.28. The maximum Gasteiger partial charge on any atom is 0.231 e. The van der Waals surface area contributed by atoms with E-state index in [1.165, 1.54) is 6.33 Å². The molecule has 1 atom stereocenters. The predicted octanol–water partition coefficient (Wildman–Crippen LogP) is 1.56. The molecule has 4 rings (SSSR count). The summed E-state index contributed by atoms with van der Waals surface area (Å²) in [5.41, 5.74) is 2.38. The monoisotopic (exact) mass is 362 g/mol. The molecule has 3 N–H and O–H groups in total. The van der Waals surface area contributed by atoms with Crippen LogP contribution >= 0.6 is 0 Å². The number of aliphatic hydroxyl groups excluding tert-OH is 1. The van der Waals surface area contributed by atoms with Crippen LogP contribution in [-0.4, -0.2) is 43.0 Å². The van der Waals surface area contributed by atoms with Crippen molar-refractivity contribution in [3.63, 3.8) is 0 Å². The van der Waals surface area contributed by atoms with E-state index < -0.39 is 5.41 Å². The number of fused-ring (bicyclic) bond motifs is 1. The van der Waals surface area contributed by atoms with Gasteiger partial charge in [0.1, 0.15) is 12.4 Å². The molecule has 1 unspecified atom stereocenters. The van der Waals surface area contributed by atoms with Crippen LogP contribution in [0.25, 0.3) is 11.4 Å². The molecule has 0 saturated carbocycles. The maximum atomic E-state index is 9.82. The van der Waals surface area contributed by atoms with Gasteiger partial charge in [0.15, 0.2) is 11.6 Å². The predicted molar refractivity (Wildman–Crippen MR) is 99.4 cm³/mol. The highest BCUT2D eigenvalue weighted by Crippen LogP contribution is 2.40. The molecule has 0 amide bonds. The van der Waals surface area contributed by atoms with Gasteiger partial charge in [0.2, 0.25) is 5.95 Å². The van der Waals surface area contributed by atoms with Gasteiger partial charge in [-0.15, -0.1) is 0 Å². The van der Waals surface area contributed by atoms with Crippen LogP contribution in [0.4, 0.5) is 17.5 Å². The van der Waals surface area contributed by atoms with Gasteiger partial charge in [-0.2, -0.15) is 15.3 Å². The number of aryl methyl sites for hydroxylation is 1. The third kappa shape index (κ3) is 2.96. The Labute approximate surface area is 155 Å². The molecular formula is C18H18N8O. The Morgan fingerprint density at radius 2 is 2.26 bits per heavy atom. The molecule has 0 bridgehead atoms. The maximum absolute atomic E-state index is 9.82. The van der Waals surface area contributed by atoms with Gasteiger partial charge in [0.05, 0.1) is 17.9 Å². The van der Waals surface area contributed by atoms with Crippen molar-refractivity contribution in [3.8, 4) is 17.5 Å². The molecule has 0 radical (unpaired) electrons. The highest BCUT2D eigenvalue weighted by Gasteiger charge is 2.36. The van der Waals surface area contributed by atoms with Crippen LogP contribution in [0, 0.1) is 11.3 Å². The van der Waals surface area contributed by atoms with E-state index in [-0.39, 0.29) is 6.61 Å². The number of anilines is 3. The number of nitrogens with one attached hydrogen (secondary N) is 2. The summed E-state index contributed by atoms with van der Waals surface area (Å²) < 4.78 is 1.67. The smallest absolute Gasteiger partial charge is 0.231 e. The van der Waals surface area contributed by atoms with E-state index in [0.29, 0.717) is 35.3 Å². The first-order valence-corrected chi connectivity index (χ1v) is 8.42. The third-order valence-electron chi connectivity index (χ3n) is 4.70. The molecule has 1 aromatic carbocycles. The van der Waals surface area contributed by atoms with Crippen molar-refractivity contribution < 1.29 is 5.11 Å². The van der Waals surface area contributed by atoms with Gasteiger partial charge in [0.25, 0.3) is 0 Å². The van der Waals surface area contributed by atoms with Crippen molar-refractivity contribution in [3.05, 3.63) is 41.9 Å². The Bertz CT molecular complexity index is 1050. The molecular weight excluding hydrogens is 344 g/mol. The normalized spacial score (nSPS) is 17.9. The van der Waals surface area contributed by atoms with Crippen LogP contribution in [0.3, 0.4) is 0 Å². The Hall–Kier alpha value is -3.51. The summed E-state index contributed by atoms with van der Waals surface area (Å²) in [5.74, 6) is 1.43. The van der Waals surface area contributed by atoms with Crippen molar-refractivity contribution in [1.82, 2.24) is 24.7 Å². The number of rotatable bonds is 4. The minimum Gasteiger partial charge on any atom is -0.395 e. The van der Waals surface area contributed by atoms with Gasteiger partial charge in [-0.25, -0.2) is 9.97 Å². The van der Waals surface area contributed by atoms with Gasteiger partial charge in [-0.3, -0.25) is 4.68 Å².